The first-order valence-corrected chi connectivity index (χ1v) is 7.89. The number of allylic oxidation sites excluding steroid dienone is 1. The van der Waals surface area contributed by atoms with Gasteiger partial charge in [0.1, 0.15) is 0 Å². The molecule has 0 fully saturated rings. The number of aromatic amines is 1. The molecule has 0 atom stereocenters. The van der Waals surface area contributed by atoms with E-state index in [1.807, 2.05) is 0 Å². The van der Waals surface area contributed by atoms with Gasteiger partial charge < -0.3 is 4.74 Å². The van der Waals surface area contributed by atoms with E-state index in [9.17, 15) is 31.1 Å². The topological polar surface area (TPSA) is 67.9 Å². The van der Waals surface area contributed by atoms with Crippen molar-refractivity contribution >= 4 is 11.5 Å². The Morgan fingerprint density at radius 1 is 1.07 bits per heavy atom. The van der Waals surface area contributed by atoms with Gasteiger partial charge in [-0.2, -0.15) is 31.4 Å². The first kappa shape index (κ1) is 21.5. The zero-order chi connectivity index (χ0) is 21.3. The third-order valence-electron chi connectivity index (χ3n) is 3.39. The van der Waals surface area contributed by atoms with Gasteiger partial charge in [0, 0.05) is 17.2 Å². The summed E-state index contributed by atoms with van der Waals surface area (Å²) in [5, 5.41) is 6.02. The number of halogens is 6. The highest BCUT2D eigenvalue weighted by atomic mass is 19.4. The van der Waals surface area contributed by atoms with Crippen molar-refractivity contribution in [2.45, 2.75) is 39.2 Å². The number of carbonyl (C=O) groups is 1. The molecular weight excluding hydrogens is 392 g/mol. The number of benzene rings is 1. The highest BCUT2D eigenvalue weighted by Gasteiger charge is 2.37. The summed E-state index contributed by atoms with van der Waals surface area (Å²) in [7, 11) is 0. The summed E-state index contributed by atoms with van der Waals surface area (Å²) in [5.41, 5.74) is -3.17. The minimum atomic E-state index is -4.98. The molecule has 0 saturated carbocycles. The number of hydrogen-bond acceptors (Lipinski definition) is 4. The number of esters is 1. The summed E-state index contributed by atoms with van der Waals surface area (Å²) in [6.07, 6.45) is -9.25. The second kappa shape index (κ2) is 7.64. The number of aromatic nitrogens is 3. The molecule has 0 bridgehead atoms. The van der Waals surface area contributed by atoms with Crippen LogP contribution in [0.4, 0.5) is 26.3 Å². The highest BCUT2D eigenvalue weighted by Crippen LogP contribution is 2.38. The van der Waals surface area contributed by atoms with Gasteiger partial charge in [0.05, 0.1) is 17.2 Å². The van der Waals surface area contributed by atoms with E-state index in [-0.39, 0.29) is 29.4 Å². The van der Waals surface area contributed by atoms with Gasteiger partial charge >= 0.3 is 18.3 Å². The minimum Gasteiger partial charge on any atom is -0.460 e. The van der Waals surface area contributed by atoms with Crippen LogP contribution >= 0.6 is 0 Å². The Hall–Kier alpha value is -2.85. The molecule has 152 valence electrons. The van der Waals surface area contributed by atoms with E-state index in [2.05, 4.69) is 15.2 Å². The van der Waals surface area contributed by atoms with Crippen LogP contribution in [0.25, 0.3) is 17.0 Å². The zero-order valence-electron chi connectivity index (χ0n) is 14.9. The smallest absolute Gasteiger partial charge is 0.416 e. The molecule has 1 aromatic carbocycles. The van der Waals surface area contributed by atoms with Gasteiger partial charge in [-0.1, -0.05) is 0 Å². The fraction of sp³-hybridized carbons (Fsp3) is 0.353. The maximum absolute atomic E-state index is 13.0. The van der Waals surface area contributed by atoms with Gasteiger partial charge in [-0.15, -0.1) is 0 Å². The summed E-state index contributed by atoms with van der Waals surface area (Å²) >= 11 is 0. The molecule has 1 aromatic heterocycles. The van der Waals surface area contributed by atoms with Crippen LogP contribution in [0.1, 0.15) is 37.7 Å². The van der Waals surface area contributed by atoms with Gasteiger partial charge in [-0.3, -0.25) is 5.10 Å². The molecule has 0 spiro atoms. The molecule has 0 unspecified atom stereocenters. The van der Waals surface area contributed by atoms with Crippen molar-refractivity contribution in [2.75, 3.05) is 0 Å². The standard InChI is InChI=1S/C17H15F6N3O2/c1-8(2)28-13(27)4-9(3)14-24-15(26-25-14)10-5-11(16(18,19)20)7-12(6-10)17(21,22)23/h4-8H,1-3H3,(H,24,25,26)/b9-4+. The molecule has 0 aliphatic heterocycles. The number of nitrogens with zero attached hydrogens (tertiary/aromatic N) is 2. The largest absolute Gasteiger partial charge is 0.460 e. The predicted molar refractivity (Wildman–Crippen MR) is 86.7 cm³/mol. The van der Waals surface area contributed by atoms with Crippen molar-refractivity contribution in [1.29, 1.82) is 0 Å². The molecule has 2 aromatic rings. The van der Waals surface area contributed by atoms with Gasteiger partial charge in [0.25, 0.3) is 0 Å². The van der Waals surface area contributed by atoms with Crippen molar-refractivity contribution in [2.24, 2.45) is 0 Å². The Morgan fingerprint density at radius 3 is 2.07 bits per heavy atom. The third kappa shape index (κ3) is 5.33. The summed E-state index contributed by atoms with van der Waals surface area (Å²) in [4.78, 5) is 15.5. The van der Waals surface area contributed by atoms with Crippen LogP contribution in [0.3, 0.4) is 0 Å². The van der Waals surface area contributed by atoms with E-state index in [0.29, 0.717) is 12.1 Å². The van der Waals surface area contributed by atoms with Crippen LogP contribution < -0.4 is 0 Å². The molecule has 0 aliphatic carbocycles. The normalized spacial score (nSPS) is 13.1. The molecule has 28 heavy (non-hydrogen) atoms. The molecular formula is C17H15F6N3O2. The predicted octanol–water partition coefficient (Wildman–Crippen LogP) is 4.86. The van der Waals surface area contributed by atoms with E-state index < -0.39 is 35.0 Å². The van der Waals surface area contributed by atoms with Crippen LogP contribution in [0.2, 0.25) is 0 Å². The monoisotopic (exact) mass is 407 g/mol. The van der Waals surface area contributed by atoms with Crippen molar-refractivity contribution in [1.82, 2.24) is 15.2 Å². The Labute approximate surface area is 155 Å². The Bertz CT molecular complexity index is 865. The van der Waals surface area contributed by atoms with Gasteiger partial charge in [0.15, 0.2) is 11.6 Å². The highest BCUT2D eigenvalue weighted by molar-refractivity contribution is 5.90. The molecule has 11 heteroatoms. The number of H-pyrrole nitrogens is 1. The fourth-order valence-corrected chi connectivity index (χ4v) is 2.17. The summed E-state index contributed by atoms with van der Waals surface area (Å²) in [5.74, 6) is -1.06. The van der Waals surface area contributed by atoms with Crippen LogP contribution in [0, 0.1) is 0 Å². The first-order chi connectivity index (χ1) is 12.8. The quantitative estimate of drug-likeness (QED) is 0.446. The zero-order valence-corrected chi connectivity index (χ0v) is 14.9. The molecule has 1 N–H and O–H groups in total. The van der Waals surface area contributed by atoms with Crippen LogP contribution in [-0.2, 0) is 21.9 Å². The summed E-state index contributed by atoms with van der Waals surface area (Å²) < 4.78 is 82.7. The maximum atomic E-state index is 13.0. The van der Waals surface area contributed by atoms with Crippen molar-refractivity contribution in [3.05, 3.63) is 41.2 Å². The second-order valence-corrected chi connectivity index (χ2v) is 6.12. The van der Waals surface area contributed by atoms with E-state index in [1.165, 1.54) is 6.92 Å². The van der Waals surface area contributed by atoms with Crippen LogP contribution in [-0.4, -0.2) is 27.3 Å². The number of ether oxygens (including phenoxy) is 1. The molecule has 2 rings (SSSR count). The van der Waals surface area contributed by atoms with E-state index in [0.717, 1.165) is 6.08 Å². The van der Waals surface area contributed by atoms with Gasteiger partial charge in [0.2, 0.25) is 0 Å². The molecule has 5 nitrogen and oxygen atoms in total. The van der Waals surface area contributed by atoms with Gasteiger partial charge in [-0.05, 0) is 39.0 Å². The van der Waals surface area contributed by atoms with Gasteiger partial charge in [-0.25, -0.2) is 9.78 Å². The number of hydrogen-bond donors (Lipinski definition) is 1. The SMILES string of the molecule is C/C(=C\C(=O)OC(C)C)c1n[nH]c(-c2cc(C(F)(F)F)cc(C(F)(F)F)c2)n1. The fourth-order valence-electron chi connectivity index (χ4n) is 2.17. The number of alkyl halides is 6. The average molecular weight is 407 g/mol. The van der Waals surface area contributed by atoms with E-state index in [4.69, 9.17) is 4.74 Å². The number of carbonyl (C=O) groups excluding carboxylic acids is 1. The minimum absolute atomic E-state index is 0.0217. The lowest BCUT2D eigenvalue weighted by Crippen LogP contribution is -2.11. The molecule has 0 radical (unpaired) electrons. The van der Waals surface area contributed by atoms with E-state index >= 15 is 0 Å². The molecule has 0 saturated heterocycles. The lowest BCUT2D eigenvalue weighted by molar-refractivity contribution is -0.143. The molecule has 1 heterocycles. The summed E-state index contributed by atoms with van der Waals surface area (Å²) in [6.45, 7) is 4.72. The van der Waals surface area contributed by atoms with Crippen LogP contribution in [0.5, 0.6) is 0 Å². The Morgan fingerprint density at radius 2 is 1.61 bits per heavy atom. The maximum Gasteiger partial charge on any atom is 0.416 e. The van der Waals surface area contributed by atoms with Crippen molar-refractivity contribution in [3.63, 3.8) is 0 Å². The number of nitrogens with one attached hydrogen (secondary N) is 1. The molecule has 0 amide bonds. The van der Waals surface area contributed by atoms with E-state index in [1.54, 1.807) is 13.8 Å². The van der Waals surface area contributed by atoms with Crippen LogP contribution in [0.15, 0.2) is 24.3 Å². The second-order valence-electron chi connectivity index (χ2n) is 6.12. The lowest BCUT2D eigenvalue weighted by atomic mass is 10.0. The number of rotatable bonds is 4. The first-order valence-electron chi connectivity index (χ1n) is 7.89. The van der Waals surface area contributed by atoms with Crippen molar-refractivity contribution in [3.8, 4) is 11.4 Å². The third-order valence-corrected chi connectivity index (χ3v) is 3.39. The average Bonchev–Trinajstić information content (AvgIpc) is 3.02. The Kier molecular flexibility index (Phi) is 5.86. The lowest BCUT2D eigenvalue weighted by Gasteiger charge is -2.13. The Balaban J connectivity index is 2.44. The van der Waals surface area contributed by atoms with Crippen molar-refractivity contribution < 1.29 is 35.9 Å². The summed E-state index contributed by atoms with van der Waals surface area (Å²) in [6, 6.07) is 1.09. The molecule has 0 aliphatic rings.